The summed E-state index contributed by atoms with van der Waals surface area (Å²) in [6.45, 7) is 3.55. The highest BCUT2D eigenvalue weighted by Gasteiger charge is 2.15. The molecule has 2 rings (SSSR count). The molecule has 1 aromatic carbocycles. The summed E-state index contributed by atoms with van der Waals surface area (Å²) < 4.78 is 5.46. The topological polar surface area (TPSA) is 79.5 Å². The minimum Gasteiger partial charge on any atom is -0.376 e. The largest absolute Gasteiger partial charge is 0.376 e. The quantitative estimate of drug-likeness (QED) is 0.686. The van der Waals surface area contributed by atoms with Gasteiger partial charge in [-0.1, -0.05) is 6.92 Å². The predicted octanol–water partition coefficient (Wildman–Crippen LogP) is 2.13. The van der Waals surface area contributed by atoms with Gasteiger partial charge in [0.05, 0.1) is 12.6 Å². The molecule has 0 aliphatic carbocycles. The number of amides is 2. The van der Waals surface area contributed by atoms with Crippen molar-refractivity contribution in [2.24, 2.45) is 0 Å². The maximum Gasteiger partial charge on any atom is 0.239 e. The molecule has 0 spiro atoms. The van der Waals surface area contributed by atoms with Crippen LogP contribution in [-0.2, 0) is 14.3 Å². The van der Waals surface area contributed by atoms with Gasteiger partial charge in [0, 0.05) is 30.9 Å². The lowest BCUT2D eigenvalue weighted by Crippen LogP contribution is -2.35. The maximum atomic E-state index is 11.8. The van der Waals surface area contributed by atoms with Crippen LogP contribution >= 0.6 is 0 Å². The number of carbonyl (C=O) groups is 2. The molecule has 2 amide bonds. The normalized spacial score (nSPS) is 16.8. The summed E-state index contributed by atoms with van der Waals surface area (Å²) in [7, 11) is 0. The summed E-state index contributed by atoms with van der Waals surface area (Å²) in [5.41, 5.74) is 1.60. The van der Waals surface area contributed by atoms with Crippen LogP contribution < -0.4 is 16.0 Å². The van der Waals surface area contributed by atoms with Crippen molar-refractivity contribution < 1.29 is 14.3 Å². The molecule has 1 unspecified atom stereocenters. The van der Waals surface area contributed by atoms with Crippen LogP contribution in [0.3, 0.4) is 0 Å². The Morgan fingerprint density at radius 1 is 1.17 bits per heavy atom. The fourth-order valence-electron chi connectivity index (χ4n) is 2.40. The van der Waals surface area contributed by atoms with Crippen molar-refractivity contribution in [2.45, 2.75) is 38.7 Å². The molecule has 1 aromatic rings. The molecular weight excluding hydrogens is 294 g/mol. The van der Waals surface area contributed by atoms with E-state index < -0.39 is 0 Å². The van der Waals surface area contributed by atoms with Crippen molar-refractivity contribution in [1.29, 1.82) is 0 Å². The van der Waals surface area contributed by atoms with Gasteiger partial charge >= 0.3 is 0 Å². The average molecular weight is 319 g/mol. The van der Waals surface area contributed by atoms with Gasteiger partial charge in [0.25, 0.3) is 0 Å². The van der Waals surface area contributed by atoms with Crippen LogP contribution in [0.25, 0.3) is 0 Å². The van der Waals surface area contributed by atoms with Gasteiger partial charge in [0.15, 0.2) is 0 Å². The summed E-state index contributed by atoms with van der Waals surface area (Å²) in [4.78, 5) is 23.3. The van der Waals surface area contributed by atoms with E-state index in [0.29, 0.717) is 13.0 Å². The Morgan fingerprint density at radius 3 is 2.57 bits per heavy atom. The second-order valence-electron chi connectivity index (χ2n) is 5.67. The Kier molecular flexibility index (Phi) is 6.87. The second kappa shape index (κ2) is 9.15. The van der Waals surface area contributed by atoms with Crippen LogP contribution in [0.5, 0.6) is 0 Å². The first-order valence-corrected chi connectivity index (χ1v) is 8.19. The van der Waals surface area contributed by atoms with Crippen LogP contribution in [0.1, 0.15) is 32.6 Å². The third-order valence-corrected chi connectivity index (χ3v) is 3.65. The molecule has 1 heterocycles. The lowest BCUT2D eigenvalue weighted by Gasteiger charge is -2.12. The first-order valence-electron chi connectivity index (χ1n) is 8.19. The number of hydrogen-bond donors (Lipinski definition) is 3. The molecule has 1 atom stereocenters. The van der Waals surface area contributed by atoms with E-state index in [1.54, 1.807) is 0 Å². The van der Waals surface area contributed by atoms with Crippen molar-refractivity contribution in [2.75, 3.05) is 30.3 Å². The number of ether oxygens (including phenoxy) is 1. The van der Waals surface area contributed by atoms with E-state index in [4.69, 9.17) is 4.74 Å². The SMILES string of the molecule is CCCC(=O)Nc1ccc(NCC(=O)NCC2CCCO2)cc1. The Morgan fingerprint density at radius 2 is 1.91 bits per heavy atom. The van der Waals surface area contributed by atoms with E-state index in [9.17, 15) is 9.59 Å². The first kappa shape index (κ1) is 17.3. The summed E-state index contributed by atoms with van der Waals surface area (Å²) in [6, 6.07) is 7.32. The molecule has 1 saturated heterocycles. The molecule has 1 aliphatic rings. The zero-order valence-corrected chi connectivity index (χ0v) is 13.6. The first-order chi connectivity index (χ1) is 11.2. The van der Waals surface area contributed by atoms with Gasteiger partial charge in [-0.05, 0) is 43.5 Å². The van der Waals surface area contributed by atoms with Crippen LogP contribution in [0, 0.1) is 0 Å². The van der Waals surface area contributed by atoms with E-state index in [2.05, 4.69) is 16.0 Å². The molecule has 0 aromatic heterocycles. The molecule has 6 nitrogen and oxygen atoms in total. The lowest BCUT2D eigenvalue weighted by molar-refractivity contribution is -0.120. The monoisotopic (exact) mass is 319 g/mol. The number of anilines is 2. The summed E-state index contributed by atoms with van der Waals surface area (Å²) >= 11 is 0. The van der Waals surface area contributed by atoms with Crippen molar-refractivity contribution in [3.63, 3.8) is 0 Å². The summed E-state index contributed by atoms with van der Waals surface area (Å²) in [5.74, 6) is -0.0393. The van der Waals surface area contributed by atoms with Crippen LogP contribution in [0.2, 0.25) is 0 Å². The van der Waals surface area contributed by atoms with Gasteiger partial charge in [0.1, 0.15) is 0 Å². The Hall–Kier alpha value is -2.08. The zero-order valence-electron chi connectivity index (χ0n) is 13.6. The molecule has 0 radical (unpaired) electrons. The maximum absolute atomic E-state index is 11.8. The fourth-order valence-corrected chi connectivity index (χ4v) is 2.40. The van der Waals surface area contributed by atoms with Gasteiger partial charge in [-0.3, -0.25) is 9.59 Å². The van der Waals surface area contributed by atoms with E-state index in [1.807, 2.05) is 31.2 Å². The third-order valence-electron chi connectivity index (χ3n) is 3.65. The van der Waals surface area contributed by atoms with Gasteiger partial charge < -0.3 is 20.7 Å². The highest BCUT2D eigenvalue weighted by Crippen LogP contribution is 2.14. The minimum atomic E-state index is -0.0548. The highest BCUT2D eigenvalue weighted by molar-refractivity contribution is 5.90. The van der Waals surface area contributed by atoms with Crippen molar-refractivity contribution in [3.05, 3.63) is 24.3 Å². The average Bonchev–Trinajstić information content (AvgIpc) is 3.06. The highest BCUT2D eigenvalue weighted by atomic mass is 16.5. The molecule has 3 N–H and O–H groups in total. The molecule has 1 aliphatic heterocycles. The zero-order chi connectivity index (χ0) is 16.5. The predicted molar refractivity (Wildman–Crippen MR) is 90.5 cm³/mol. The van der Waals surface area contributed by atoms with Crippen molar-refractivity contribution in [3.8, 4) is 0 Å². The van der Waals surface area contributed by atoms with Gasteiger partial charge in [-0.25, -0.2) is 0 Å². The Labute approximate surface area is 137 Å². The molecular formula is C17H25N3O3. The van der Waals surface area contributed by atoms with Crippen LogP contribution in [0.15, 0.2) is 24.3 Å². The van der Waals surface area contributed by atoms with Crippen molar-refractivity contribution >= 4 is 23.2 Å². The Bertz CT molecular complexity index is 510. The second-order valence-corrected chi connectivity index (χ2v) is 5.67. The van der Waals surface area contributed by atoms with E-state index in [0.717, 1.165) is 37.2 Å². The molecule has 0 saturated carbocycles. The smallest absolute Gasteiger partial charge is 0.239 e. The van der Waals surface area contributed by atoms with Crippen molar-refractivity contribution in [1.82, 2.24) is 5.32 Å². The van der Waals surface area contributed by atoms with E-state index >= 15 is 0 Å². The standard InChI is InChI=1S/C17H25N3O3/c1-2-4-16(21)20-14-8-6-13(7-9-14)18-12-17(22)19-11-15-5-3-10-23-15/h6-9,15,18H,2-5,10-12H2,1H3,(H,19,22)(H,20,21). The molecule has 6 heteroatoms. The molecule has 126 valence electrons. The van der Waals surface area contributed by atoms with Crippen LogP contribution in [-0.4, -0.2) is 37.6 Å². The number of carbonyl (C=O) groups excluding carboxylic acids is 2. The van der Waals surface area contributed by atoms with Crippen LogP contribution in [0.4, 0.5) is 11.4 Å². The summed E-state index contributed by atoms with van der Waals surface area (Å²) in [5, 5.41) is 8.75. The number of hydrogen-bond acceptors (Lipinski definition) is 4. The molecule has 1 fully saturated rings. The minimum absolute atomic E-state index is 0.0155. The third kappa shape index (κ3) is 6.28. The van der Waals surface area contributed by atoms with Gasteiger partial charge in [-0.15, -0.1) is 0 Å². The number of benzene rings is 1. The van der Waals surface area contributed by atoms with Gasteiger partial charge in [-0.2, -0.15) is 0 Å². The van der Waals surface area contributed by atoms with E-state index in [1.165, 1.54) is 0 Å². The molecule has 0 bridgehead atoms. The van der Waals surface area contributed by atoms with E-state index in [-0.39, 0.29) is 24.5 Å². The Balaban J connectivity index is 1.68. The molecule has 23 heavy (non-hydrogen) atoms. The summed E-state index contributed by atoms with van der Waals surface area (Å²) in [6.07, 6.45) is 3.58. The van der Waals surface area contributed by atoms with Gasteiger partial charge in [0.2, 0.25) is 11.8 Å². The number of nitrogens with one attached hydrogen (secondary N) is 3. The lowest BCUT2D eigenvalue weighted by atomic mass is 10.2. The fraction of sp³-hybridized carbons (Fsp3) is 0.529. The number of rotatable bonds is 8.